The average Bonchev–Trinajstić information content (AvgIpc) is 2.55. The van der Waals surface area contributed by atoms with Gasteiger partial charge in [0.15, 0.2) is 0 Å². The van der Waals surface area contributed by atoms with Gasteiger partial charge in [0.2, 0.25) is 5.88 Å². The molecule has 0 aliphatic rings. The molecule has 104 valence electrons. The molecule has 1 heterocycles. The SMILES string of the molecule is Nc1cnc(OCc2ccccc2)c(-c2ccccc2)c1. The summed E-state index contributed by atoms with van der Waals surface area (Å²) < 4.78 is 5.87. The highest BCUT2D eigenvalue weighted by atomic mass is 16.5. The van der Waals surface area contributed by atoms with Crippen LogP contribution >= 0.6 is 0 Å². The maximum absolute atomic E-state index is 5.87. The van der Waals surface area contributed by atoms with E-state index in [9.17, 15) is 0 Å². The van der Waals surface area contributed by atoms with Crippen LogP contribution in [0.25, 0.3) is 11.1 Å². The summed E-state index contributed by atoms with van der Waals surface area (Å²) in [5, 5.41) is 0. The minimum absolute atomic E-state index is 0.484. The molecule has 0 fully saturated rings. The van der Waals surface area contributed by atoms with E-state index in [1.165, 1.54) is 0 Å². The van der Waals surface area contributed by atoms with Gasteiger partial charge in [-0.25, -0.2) is 4.98 Å². The van der Waals surface area contributed by atoms with Crippen molar-refractivity contribution in [1.82, 2.24) is 4.98 Å². The molecule has 0 saturated heterocycles. The molecule has 2 N–H and O–H groups in total. The van der Waals surface area contributed by atoms with Gasteiger partial charge in [0, 0.05) is 5.56 Å². The molecule has 0 aliphatic heterocycles. The number of hydrogen-bond donors (Lipinski definition) is 1. The molecular weight excluding hydrogens is 260 g/mol. The van der Waals surface area contributed by atoms with Gasteiger partial charge in [-0.15, -0.1) is 0 Å². The van der Waals surface area contributed by atoms with Crippen LogP contribution in [-0.2, 0) is 6.61 Å². The molecule has 0 unspecified atom stereocenters. The molecule has 0 saturated carbocycles. The Balaban J connectivity index is 1.88. The van der Waals surface area contributed by atoms with E-state index in [4.69, 9.17) is 10.5 Å². The van der Waals surface area contributed by atoms with Crippen molar-refractivity contribution in [1.29, 1.82) is 0 Å². The lowest BCUT2D eigenvalue weighted by atomic mass is 10.1. The molecule has 1 aromatic heterocycles. The van der Waals surface area contributed by atoms with Gasteiger partial charge in [-0.1, -0.05) is 60.7 Å². The van der Waals surface area contributed by atoms with Crippen LogP contribution in [0.2, 0.25) is 0 Å². The van der Waals surface area contributed by atoms with Crippen LogP contribution in [0.15, 0.2) is 72.9 Å². The second-order valence-corrected chi connectivity index (χ2v) is 4.76. The van der Waals surface area contributed by atoms with Crippen molar-refractivity contribution in [3.63, 3.8) is 0 Å². The molecule has 0 spiro atoms. The molecule has 0 amide bonds. The molecule has 3 nitrogen and oxygen atoms in total. The van der Waals surface area contributed by atoms with Gasteiger partial charge in [0.1, 0.15) is 6.61 Å². The van der Waals surface area contributed by atoms with Crippen molar-refractivity contribution >= 4 is 5.69 Å². The Morgan fingerprint density at radius 2 is 1.57 bits per heavy atom. The van der Waals surface area contributed by atoms with Gasteiger partial charge in [-0.2, -0.15) is 0 Å². The number of pyridine rings is 1. The fraction of sp³-hybridized carbons (Fsp3) is 0.0556. The summed E-state index contributed by atoms with van der Waals surface area (Å²) in [5.41, 5.74) is 9.54. The van der Waals surface area contributed by atoms with E-state index in [1.54, 1.807) is 6.20 Å². The fourth-order valence-electron chi connectivity index (χ4n) is 2.13. The average molecular weight is 276 g/mol. The van der Waals surface area contributed by atoms with E-state index in [-0.39, 0.29) is 0 Å². The minimum Gasteiger partial charge on any atom is -0.472 e. The van der Waals surface area contributed by atoms with E-state index >= 15 is 0 Å². The van der Waals surface area contributed by atoms with E-state index in [0.29, 0.717) is 18.2 Å². The largest absolute Gasteiger partial charge is 0.472 e. The Morgan fingerprint density at radius 1 is 0.905 bits per heavy atom. The number of ether oxygens (including phenoxy) is 1. The van der Waals surface area contributed by atoms with E-state index in [0.717, 1.165) is 16.7 Å². The van der Waals surface area contributed by atoms with E-state index in [1.807, 2.05) is 66.7 Å². The lowest BCUT2D eigenvalue weighted by Crippen LogP contribution is -2.00. The summed E-state index contributed by atoms with van der Waals surface area (Å²) in [6.07, 6.45) is 1.62. The molecule has 0 bridgehead atoms. The van der Waals surface area contributed by atoms with Gasteiger partial charge in [-0.05, 0) is 17.2 Å². The molecule has 21 heavy (non-hydrogen) atoms. The normalized spacial score (nSPS) is 10.3. The van der Waals surface area contributed by atoms with E-state index < -0.39 is 0 Å². The Kier molecular flexibility index (Phi) is 3.83. The monoisotopic (exact) mass is 276 g/mol. The molecule has 3 aromatic rings. The van der Waals surface area contributed by atoms with Crippen LogP contribution < -0.4 is 10.5 Å². The van der Waals surface area contributed by atoms with Crippen LogP contribution in [0.3, 0.4) is 0 Å². The second kappa shape index (κ2) is 6.09. The zero-order chi connectivity index (χ0) is 14.5. The number of anilines is 1. The quantitative estimate of drug-likeness (QED) is 0.786. The van der Waals surface area contributed by atoms with Crippen molar-refractivity contribution in [3.8, 4) is 17.0 Å². The zero-order valence-corrected chi connectivity index (χ0v) is 11.6. The fourth-order valence-corrected chi connectivity index (χ4v) is 2.13. The standard InChI is InChI=1S/C18H16N2O/c19-16-11-17(15-9-5-2-6-10-15)18(20-12-16)21-13-14-7-3-1-4-8-14/h1-12H,13,19H2. The third-order valence-corrected chi connectivity index (χ3v) is 3.18. The first-order chi connectivity index (χ1) is 10.3. The Labute approximate surface area is 124 Å². The summed E-state index contributed by atoms with van der Waals surface area (Å²) in [4.78, 5) is 4.32. The van der Waals surface area contributed by atoms with Crippen LogP contribution in [0, 0.1) is 0 Å². The van der Waals surface area contributed by atoms with Gasteiger partial charge in [0.25, 0.3) is 0 Å². The first-order valence-corrected chi connectivity index (χ1v) is 6.80. The maximum atomic E-state index is 5.87. The number of aromatic nitrogens is 1. The molecular formula is C18H16N2O. The van der Waals surface area contributed by atoms with Crippen molar-refractivity contribution in [2.24, 2.45) is 0 Å². The summed E-state index contributed by atoms with van der Waals surface area (Å²) in [6.45, 7) is 0.484. The summed E-state index contributed by atoms with van der Waals surface area (Å²) in [5.74, 6) is 0.597. The first kappa shape index (κ1) is 13.2. The molecule has 3 heteroatoms. The third kappa shape index (κ3) is 3.20. The smallest absolute Gasteiger partial charge is 0.221 e. The number of nitrogens with two attached hydrogens (primary N) is 1. The van der Waals surface area contributed by atoms with Crippen LogP contribution in [0.1, 0.15) is 5.56 Å². The van der Waals surface area contributed by atoms with Crippen LogP contribution in [0.5, 0.6) is 5.88 Å². The van der Waals surface area contributed by atoms with E-state index in [2.05, 4.69) is 4.98 Å². The molecule has 2 aromatic carbocycles. The van der Waals surface area contributed by atoms with Crippen LogP contribution in [0.4, 0.5) is 5.69 Å². The molecule has 0 radical (unpaired) electrons. The van der Waals surface area contributed by atoms with Crippen molar-refractivity contribution in [3.05, 3.63) is 78.5 Å². The number of nitrogens with zero attached hydrogens (tertiary/aromatic N) is 1. The van der Waals surface area contributed by atoms with Gasteiger partial charge < -0.3 is 10.5 Å². The third-order valence-electron chi connectivity index (χ3n) is 3.18. The second-order valence-electron chi connectivity index (χ2n) is 4.76. The first-order valence-electron chi connectivity index (χ1n) is 6.80. The lowest BCUT2D eigenvalue weighted by molar-refractivity contribution is 0.295. The van der Waals surface area contributed by atoms with Crippen molar-refractivity contribution < 1.29 is 4.74 Å². The number of hydrogen-bond acceptors (Lipinski definition) is 3. The summed E-state index contributed by atoms with van der Waals surface area (Å²) in [7, 11) is 0. The molecule has 3 rings (SSSR count). The molecule has 0 aliphatic carbocycles. The highest BCUT2D eigenvalue weighted by molar-refractivity contribution is 5.71. The number of rotatable bonds is 4. The Morgan fingerprint density at radius 3 is 2.29 bits per heavy atom. The highest BCUT2D eigenvalue weighted by Gasteiger charge is 2.08. The van der Waals surface area contributed by atoms with Crippen LogP contribution in [-0.4, -0.2) is 4.98 Å². The lowest BCUT2D eigenvalue weighted by Gasteiger charge is -2.11. The van der Waals surface area contributed by atoms with Crippen molar-refractivity contribution in [2.45, 2.75) is 6.61 Å². The number of nitrogen functional groups attached to an aromatic ring is 1. The highest BCUT2D eigenvalue weighted by Crippen LogP contribution is 2.30. The Hall–Kier alpha value is -2.81. The topological polar surface area (TPSA) is 48.1 Å². The zero-order valence-electron chi connectivity index (χ0n) is 11.6. The predicted molar refractivity (Wildman–Crippen MR) is 84.9 cm³/mol. The van der Waals surface area contributed by atoms with Crippen molar-refractivity contribution in [2.75, 3.05) is 5.73 Å². The summed E-state index contributed by atoms with van der Waals surface area (Å²) in [6, 6.07) is 21.9. The van der Waals surface area contributed by atoms with Gasteiger partial charge in [0.05, 0.1) is 11.9 Å². The molecule has 0 atom stereocenters. The maximum Gasteiger partial charge on any atom is 0.221 e. The minimum atomic E-state index is 0.484. The Bertz CT molecular complexity index is 712. The predicted octanol–water partition coefficient (Wildman–Crippen LogP) is 3.91. The number of benzene rings is 2. The van der Waals surface area contributed by atoms with Gasteiger partial charge >= 0.3 is 0 Å². The van der Waals surface area contributed by atoms with Gasteiger partial charge in [-0.3, -0.25) is 0 Å². The summed E-state index contributed by atoms with van der Waals surface area (Å²) >= 11 is 0.